The van der Waals surface area contributed by atoms with Crippen molar-refractivity contribution >= 4 is 33.2 Å². The fraction of sp³-hybridized carbons (Fsp3) is 0. The standard InChI is InChI=1S/C14H9ClNS/c1-9-4-2-7-12-13(9)16-14(17-12)10-5-3-6-11(15)8-10/h2-8H,1H2. The van der Waals surface area contributed by atoms with Crippen LogP contribution in [0.5, 0.6) is 0 Å². The van der Waals surface area contributed by atoms with Crippen molar-refractivity contribution in [1.29, 1.82) is 0 Å². The third kappa shape index (κ3) is 1.94. The molecule has 0 saturated carbocycles. The lowest BCUT2D eigenvalue weighted by atomic mass is 10.2. The van der Waals surface area contributed by atoms with E-state index in [0.29, 0.717) is 0 Å². The Labute approximate surface area is 109 Å². The summed E-state index contributed by atoms with van der Waals surface area (Å²) in [5, 5.41) is 1.72. The normalized spacial score (nSPS) is 10.9. The highest BCUT2D eigenvalue weighted by molar-refractivity contribution is 7.21. The highest BCUT2D eigenvalue weighted by Gasteiger charge is 2.07. The quantitative estimate of drug-likeness (QED) is 0.611. The number of nitrogens with zero attached hydrogens (tertiary/aromatic N) is 1. The molecule has 0 aliphatic carbocycles. The maximum atomic E-state index is 5.99. The lowest BCUT2D eigenvalue weighted by molar-refractivity contribution is 1.46. The molecule has 3 rings (SSSR count). The molecule has 0 aliphatic rings. The first-order valence-electron chi connectivity index (χ1n) is 5.21. The maximum absolute atomic E-state index is 5.99. The van der Waals surface area contributed by atoms with Crippen LogP contribution in [0, 0.1) is 6.92 Å². The summed E-state index contributed by atoms with van der Waals surface area (Å²) in [6.45, 7) is 3.99. The van der Waals surface area contributed by atoms with Crippen molar-refractivity contribution in [2.75, 3.05) is 0 Å². The van der Waals surface area contributed by atoms with E-state index in [1.165, 1.54) is 0 Å². The van der Waals surface area contributed by atoms with Gasteiger partial charge in [-0.1, -0.05) is 35.9 Å². The topological polar surface area (TPSA) is 12.9 Å². The summed E-state index contributed by atoms with van der Waals surface area (Å²) in [5.74, 6) is 0. The van der Waals surface area contributed by atoms with Gasteiger partial charge in [-0.25, -0.2) is 4.98 Å². The van der Waals surface area contributed by atoms with E-state index in [0.717, 1.165) is 31.4 Å². The number of rotatable bonds is 1. The number of hydrogen-bond acceptors (Lipinski definition) is 2. The average Bonchev–Trinajstić information content (AvgIpc) is 2.74. The highest BCUT2D eigenvalue weighted by atomic mass is 35.5. The van der Waals surface area contributed by atoms with Crippen molar-refractivity contribution in [2.24, 2.45) is 0 Å². The number of hydrogen-bond donors (Lipinski definition) is 0. The van der Waals surface area contributed by atoms with Gasteiger partial charge in [0.2, 0.25) is 0 Å². The van der Waals surface area contributed by atoms with Crippen molar-refractivity contribution in [3.05, 3.63) is 60.0 Å². The predicted molar refractivity (Wildman–Crippen MR) is 74.5 cm³/mol. The molecule has 0 amide bonds. The Kier molecular flexibility index (Phi) is 2.61. The molecule has 0 bridgehead atoms. The first kappa shape index (κ1) is 10.8. The molecule has 0 fully saturated rings. The number of thiazole rings is 1. The third-order valence-electron chi connectivity index (χ3n) is 2.57. The molecule has 0 N–H and O–H groups in total. The van der Waals surface area contributed by atoms with E-state index in [2.05, 4.69) is 18.0 Å². The first-order chi connectivity index (χ1) is 8.24. The fourth-order valence-corrected chi connectivity index (χ4v) is 2.95. The number of halogens is 1. The number of fused-ring (bicyclic) bond motifs is 1. The summed E-state index contributed by atoms with van der Waals surface area (Å²) in [6.07, 6.45) is 0. The van der Waals surface area contributed by atoms with Crippen LogP contribution in [-0.2, 0) is 0 Å². The molecule has 2 aromatic carbocycles. The largest absolute Gasteiger partial charge is 0.236 e. The molecule has 0 atom stereocenters. The maximum Gasteiger partial charge on any atom is 0.124 e. The molecular formula is C14H9ClNS. The van der Waals surface area contributed by atoms with Gasteiger partial charge in [0.25, 0.3) is 0 Å². The SMILES string of the molecule is [CH2]c1cccc2sc(-c3cccc(Cl)c3)nc12. The van der Waals surface area contributed by atoms with Gasteiger partial charge in [-0.05, 0) is 30.7 Å². The Bertz CT molecular complexity index is 688. The van der Waals surface area contributed by atoms with Crippen LogP contribution in [0.25, 0.3) is 20.8 Å². The van der Waals surface area contributed by atoms with Crippen LogP contribution >= 0.6 is 22.9 Å². The average molecular weight is 259 g/mol. The smallest absolute Gasteiger partial charge is 0.124 e. The Morgan fingerprint density at radius 2 is 1.94 bits per heavy atom. The van der Waals surface area contributed by atoms with Gasteiger partial charge >= 0.3 is 0 Å². The van der Waals surface area contributed by atoms with E-state index in [4.69, 9.17) is 11.6 Å². The summed E-state index contributed by atoms with van der Waals surface area (Å²) >= 11 is 7.65. The van der Waals surface area contributed by atoms with Gasteiger partial charge < -0.3 is 0 Å². The minimum atomic E-state index is 0.733. The van der Waals surface area contributed by atoms with Crippen LogP contribution in [0.1, 0.15) is 5.56 Å². The molecule has 1 heterocycles. The Morgan fingerprint density at radius 3 is 2.71 bits per heavy atom. The van der Waals surface area contributed by atoms with Gasteiger partial charge in [0.05, 0.1) is 10.2 Å². The summed E-state index contributed by atoms with van der Waals surface area (Å²) < 4.78 is 1.16. The van der Waals surface area contributed by atoms with Gasteiger partial charge in [-0.15, -0.1) is 11.3 Å². The van der Waals surface area contributed by atoms with Crippen LogP contribution in [0.15, 0.2) is 42.5 Å². The Hall–Kier alpha value is -1.38. The Morgan fingerprint density at radius 1 is 1.12 bits per heavy atom. The summed E-state index contributed by atoms with van der Waals surface area (Å²) in [7, 11) is 0. The van der Waals surface area contributed by atoms with Crippen LogP contribution < -0.4 is 0 Å². The van der Waals surface area contributed by atoms with Crippen LogP contribution in [0.3, 0.4) is 0 Å². The van der Waals surface area contributed by atoms with Crippen LogP contribution in [0.2, 0.25) is 5.02 Å². The first-order valence-corrected chi connectivity index (χ1v) is 6.41. The van der Waals surface area contributed by atoms with E-state index < -0.39 is 0 Å². The van der Waals surface area contributed by atoms with Crippen molar-refractivity contribution in [3.8, 4) is 10.6 Å². The third-order valence-corrected chi connectivity index (χ3v) is 3.88. The predicted octanol–water partition coefficient (Wildman–Crippen LogP) is 4.80. The van der Waals surface area contributed by atoms with Crippen LogP contribution in [0.4, 0.5) is 0 Å². The van der Waals surface area contributed by atoms with Crippen LogP contribution in [-0.4, -0.2) is 4.98 Å². The summed E-state index contributed by atoms with van der Waals surface area (Å²) in [6, 6.07) is 13.8. The van der Waals surface area contributed by atoms with Gasteiger partial charge in [-0.2, -0.15) is 0 Å². The lowest BCUT2D eigenvalue weighted by Crippen LogP contribution is -1.77. The van der Waals surface area contributed by atoms with Crippen molar-refractivity contribution in [2.45, 2.75) is 0 Å². The second-order valence-electron chi connectivity index (χ2n) is 3.79. The number of aromatic nitrogens is 1. The molecule has 0 spiro atoms. The number of para-hydroxylation sites is 1. The zero-order valence-corrected chi connectivity index (χ0v) is 10.6. The second kappa shape index (κ2) is 4.13. The molecule has 17 heavy (non-hydrogen) atoms. The summed E-state index contributed by atoms with van der Waals surface area (Å²) in [4.78, 5) is 4.62. The zero-order valence-electron chi connectivity index (χ0n) is 8.98. The fourth-order valence-electron chi connectivity index (χ4n) is 1.75. The molecule has 3 heteroatoms. The summed E-state index contributed by atoms with van der Waals surface area (Å²) in [5.41, 5.74) is 3.00. The molecule has 0 unspecified atom stereocenters. The van der Waals surface area contributed by atoms with Gasteiger partial charge in [0.15, 0.2) is 0 Å². The minimum absolute atomic E-state index is 0.733. The van der Waals surface area contributed by atoms with E-state index >= 15 is 0 Å². The monoisotopic (exact) mass is 258 g/mol. The van der Waals surface area contributed by atoms with Crippen molar-refractivity contribution in [1.82, 2.24) is 4.98 Å². The molecule has 1 nitrogen and oxygen atoms in total. The van der Waals surface area contributed by atoms with E-state index in [-0.39, 0.29) is 0 Å². The molecule has 3 aromatic rings. The minimum Gasteiger partial charge on any atom is -0.236 e. The van der Waals surface area contributed by atoms with Gasteiger partial charge in [-0.3, -0.25) is 0 Å². The Balaban J connectivity index is 2.22. The van der Waals surface area contributed by atoms with Crippen molar-refractivity contribution in [3.63, 3.8) is 0 Å². The zero-order chi connectivity index (χ0) is 11.8. The molecule has 1 aromatic heterocycles. The molecular weight excluding hydrogens is 250 g/mol. The van der Waals surface area contributed by atoms with Gasteiger partial charge in [0, 0.05) is 10.6 Å². The highest BCUT2D eigenvalue weighted by Crippen LogP contribution is 2.32. The second-order valence-corrected chi connectivity index (χ2v) is 5.26. The molecule has 0 saturated heterocycles. The van der Waals surface area contributed by atoms with Gasteiger partial charge in [0.1, 0.15) is 5.01 Å². The molecule has 0 aliphatic heterocycles. The van der Waals surface area contributed by atoms with E-state index in [1.54, 1.807) is 11.3 Å². The molecule has 1 radical (unpaired) electrons. The lowest BCUT2D eigenvalue weighted by Gasteiger charge is -1.95. The number of benzene rings is 2. The van der Waals surface area contributed by atoms with E-state index in [9.17, 15) is 0 Å². The molecule has 83 valence electrons. The van der Waals surface area contributed by atoms with E-state index in [1.807, 2.05) is 36.4 Å². The van der Waals surface area contributed by atoms with Crippen molar-refractivity contribution < 1.29 is 0 Å².